The van der Waals surface area contributed by atoms with Crippen LogP contribution >= 0.6 is 12.4 Å². The highest BCUT2D eigenvalue weighted by atomic mass is 35.5. The molecule has 0 spiro atoms. The average Bonchev–Trinajstić information content (AvgIpc) is 3.48. The fraction of sp³-hybridized carbons (Fsp3) is 0.400. The summed E-state index contributed by atoms with van der Waals surface area (Å²) in [6.07, 6.45) is 1.34. The van der Waals surface area contributed by atoms with Gasteiger partial charge in [-0.3, -0.25) is 41.1 Å². The number of nitrogens with one attached hydrogen (secondary N) is 7. The third-order valence-electron chi connectivity index (χ3n) is 5.39. The zero-order valence-corrected chi connectivity index (χ0v) is 28.6. The summed E-state index contributed by atoms with van der Waals surface area (Å²) in [5.74, 6) is -0.415. The van der Waals surface area contributed by atoms with Crippen LogP contribution in [0.1, 0.15) is 70.0 Å². The van der Waals surface area contributed by atoms with Crippen LogP contribution in [0.25, 0.3) is 0 Å². The second-order valence-corrected chi connectivity index (χ2v) is 10.4. The first-order valence-corrected chi connectivity index (χ1v) is 14.4. The van der Waals surface area contributed by atoms with E-state index in [1.807, 2.05) is 90.3 Å². The number of imidazole rings is 1. The summed E-state index contributed by atoms with van der Waals surface area (Å²) < 4.78 is 0. The van der Waals surface area contributed by atoms with Gasteiger partial charge in [-0.1, -0.05) is 29.5 Å². The first-order chi connectivity index (χ1) is 21.4. The fourth-order valence-electron chi connectivity index (χ4n) is 3.30. The number of rotatable bonds is 13. The Kier molecular flexibility index (Phi) is 20.8. The van der Waals surface area contributed by atoms with Crippen molar-refractivity contribution in [3.05, 3.63) is 82.8 Å². The van der Waals surface area contributed by atoms with E-state index in [1.165, 1.54) is 11.3 Å². The Morgan fingerprint density at radius 3 is 1.54 bits per heavy atom. The van der Waals surface area contributed by atoms with Crippen molar-refractivity contribution < 1.29 is 14.4 Å². The van der Waals surface area contributed by atoms with E-state index in [0.717, 1.165) is 24.2 Å². The molecule has 3 amide bonds. The minimum Gasteiger partial charge on any atom is -0.364 e. The van der Waals surface area contributed by atoms with E-state index in [9.17, 15) is 14.4 Å². The first-order valence-electron chi connectivity index (χ1n) is 14.4. The summed E-state index contributed by atoms with van der Waals surface area (Å²) in [5.41, 5.74) is 20.5. The number of nitrogens with zero attached hydrogens (tertiary/aromatic N) is 4. The smallest absolute Gasteiger partial charge is 0.271 e. The predicted octanol–water partition coefficient (Wildman–Crippen LogP) is 2.59. The van der Waals surface area contributed by atoms with Gasteiger partial charge in [0.1, 0.15) is 0 Å². The molecule has 0 atom stereocenters. The largest absolute Gasteiger partial charge is 0.364 e. The molecule has 0 aliphatic rings. The van der Waals surface area contributed by atoms with Gasteiger partial charge in [-0.25, -0.2) is 4.98 Å². The van der Waals surface area contributed by atoms with Gasteiger partial charge in [0, 0.05) is 50.4 Å². The van der Waals surface area contributed by atoms with Crippen LogP contribution in [0.3, 0.4) is 0 Å². The zero-order chi connectivity index (χ0) is 33.8. The Hall–Kier alpha value is -4.41. The van der Waals surface area contributed by atoms with Crippen molar-refractivity contribution in [1.29, 1.82) is 0 Å². The van der Waals surface area contributed by atoms with Crippen LogP contribution in [0, 0.1) is 0 Å². The highest BCUT2D eigenvalue weighted by Crippen LogP contribution is 2.13. The lowest BCUT2D eigenvalue weighted by Gasteiger charge is -2.09. The average molecular weight is 661 g/mol. The molecule has 0 aliphatic carbocycles. The minimum atomic E-state index is -0.631. The Morgan fingerprint density at radius 1 is 0.804 bits per heavy atom. The molecular formula is C30H49ClN12O3. The van der Waals surface area contributed by atoms with Gasteiger partial charge >= 0.3 is 0 Å². The number of carbonyl (C=O) groups is 3. The summed E-state index contributed by atoms with van der Waals surface area (Å²) in [5, 5.41) is 14.6. The quantitative estimate of drug-likeness (QED) is 0.100. The van der Waals surface area contributed by atoms with Gasteiger partial charge in [-0.2, -0.15) is 0 Å². The molecule has 0 radical (unpaired) electrons. The molecule has 254 valence electrons. The molecule has 3 rings (SSSR count). The predicted molar refractivity (Wildman–Crippen MR) is 182 cm³/mol. The van der Waals surface area contributed by atoms with Gasteiger partial charge in [0.15, 0.2) is 11.5 Å². The molecule has 1 aromatic heterocycles. The molecule has 1 heterocycles. The van der Waals surface area contributed by atoms with E-state index in [4.69, 9.17) is 5.73 Å². The van der Waals surface area contributed by atoms with Crippen molar-refractivity contribution in [2.75, 3.05) is 28.2 Å². The van der Waals surface area contributed by atoms with E-state index in [1.54, 1.807) is 14.1 Å². The van der Waals surface area contributed by atoms with Crippen molar-refractivity contribution in [2.24, 2.45) is 16.1 Å². The maximum absolute atomic E-state index is 11.6. The number of aromatic amines is 1. The second kappa shape index (κ2) is 23.0. The molecule has 0 saturated heterocycles. The third kappa shape index (κ3) is 17.2. The van der Waals surface area contributed by atoms with Crippen LogP contribution in [0.2, 0.25) is 0 Å². The lowest BCUT2D eigenvalue weighted by molar-refractivity contribution is 0.0934. The van der Waals surface area contributed by atoms with E-state index < -0.39 is 5.91 Å². The fourth-order valence-corrected chi connectivity index (χ4v) is 3.30. The summed E-state index contributed by atoms with van der Waals surface area (Å²) in [6, 6.07) is 15.5. The van der Waals surface area contributed by atoms with E-state index in [-0.39, 0.29) is 47.8 Å². The van der Waals surface area contributed by atoms with Gasteiger partial charge in [0.25, 0.3) is 17.7 Å². The summed E-state index contributed by atoms with van der Waals surface area (Å²) in [7, 11) is 7.07. The number of benzene rings is 2. The standard InChI is InChI=1S/2C12H19N3O.C6H10N6O.ClH/c2*1-9(2)15-12(16)11-6-4-10(5-7-11)8-14-13-3;1-12(2)11-10-6-4(5(7)13)8-3-9-6;/h2*4-7,9,13-14H,8H2,1-3H3,(H,15,16);3H,1-2H3,(H2,7,13)(H,8,9);1H/b;;11-10+;. The first kappa shape index (κ1) is 41.6. The maximum atomic E-state index is 11.6. The van der Waals surface area contributed by atoms with Crippen molar-refractivity contribution in [1.82, 2.24) is 47.3 Å². The van der Waals surface area contributed by atoms with E-state index >= 15 is 0 Å². The van der Waals surface area contributed by atoms with Gasteiger partial charge < -0.3 is 21.4 Å². The van der Waals surface area contributed by atoms with Crippen molar-refractivity contribution in [3.63, 3.8) is 0 Å². The number of amides is 3. The van der Waals surface area contributed by atoms with E-state index in [0.29, 0.717) is 11.1 Å². The summed E-state index contributed by atoms with van der Waals surface area (Å²) >= 11 is 0. The molecule has 3 aromatic rings. The Balaban J connectivity index is 0.000000657. The highest BCUT2D eigenvalue weighted by Gasteiger charge is 2.10. The van der Waals surface area contributed by atoms with Crippen LogP contribution in [-0.2, 0) is 13.1 Å². The lowest BCUT2D eigenvalue weighted by atomic mass is 10.1. The lowest BCUT2D eigenvalue weighted by Crippen LogP contribution is -2.30. The number of aromatic nitrogens is 2. The number of hydrazine groups is 2. The number of halogens is 1. The molecule has 46 heavy (non-hydrogen) atoms. The zero-order valence-electron chi connectivity index (χ0n) is 27.8. The molecule has 0 bridgehead atoms. The maximum Gasteiger partial charge on any atom is 0.271 e. The summed E-state index contributed by atoms with van der Waals surface area (Å²) in [6.45, 7) is 9.27. The molecule has 0 saturated carbocycles. The van der Waals surface area contributed by atoms with Crippen LogP contribution in [0.15, 0.2) is 65.2 Å². The Morgan fingerprint density at radius 2 is 1.22 bits per heavy atom. The Bertz CT molecular complexity index is 1260. The molecule has 0 unspecified atom stereocenters. The molecule has 0 fully saturated rings. The van der Waals surface area contributed by atoms with Crippen LogP contribution in [-0.4, -0.2) is 73.0 Å². The van der Waals surface area contributed by atoms with Crippen molar-refractivity contribution in [3.8, 4) is 0 Å². The number of carbonyl (C=O) groups excluding carboxylic acids is 3. The van der Waals surface area contributed by atoms with Crippen molar-refractivity contribution >= 4 is 35.9 Å². The van der Waals surface area contributed by atoms with E-state index in [2.05, 4.69) is 52.6 Å². The topological polar surface area (TPSA) is 206 Å². The second-order valence-electron chi connectivity index (χ2n) is 10.4. The molecule has 0 aliphatic heterocycles. The molecule has 16 heteroatoms. The van der Waals surface area contributed by atoms with Gasteiger partial charge in [0.05, 0.1) is 6.33 Å². The number of H-pyrrole nitrogens is 1. The normalized spacial score (nSPS) is 10.3. The SMILES string of the molecule is CN(C)/N=N/c1[nH]cnc1C(N)=O.CNNCc1ccc(C(=O)NC(C)C)cc1.CNNCc1ccc(C(=O)NC(C)C)cc1.Cl. The third-order valence-corrected chi connectivity index (χ3v) is 5.39. The monoisotopic (exact) mass is 660 g/mol. The number of hydrogen-bond donors (Lipinski definition) is 8. The number of nitrogens with two attached hydrogens (primary N) is 1. The summed E-state index contributed by atoms with van der Waals surface area (Å²) in [4.78, 5) is 40.4. The number of primary amides is 1. The molecule has 9 N–H and O–H groups in total. The molecule has 2 aromatic carbocycles. The number of hydrogen-bond acceptors (Lipinski definition) is 10. The molecule has 15 nitrogen and oxygen atoms in total. The van der Waals surface area contributed by atoms with Crippen LogP contribution in [0.4, 0.5) is 5.82 Å². The minimum absolute atomic E-state index is 0. The van der Waals surface area contributed by atoms with Gasteiger partial charge in [-0.15, -0.1) is 17.5 Å². The van der Waals surface area contributed by atoms with Crippen LogP contribution in [0.5, 0.6) is 0 Å². The van der Waals surface area contributed by atoms with Crippen LogP contribution < -0.4 is 38.1 Å². The van der Waals surface area contributed by atoms with Gasteiger partial charge in [-0.05, 0) is 77.2 Å². The van der Waals surface area contributed by atoms with Gasteiger partial charge in [0.2, 0.25) is 0 Å². The molecular weight excluding hydrogens is 612 g/mol. The Labute approximate surface area is 277 Å². The highest BCUT2D eigenvalue weighted by molar-refractivity contribution is 5.95. The van der Waals surface area contributed by atoms with Crippen molar-refractivity contribution in [2.45, 2.75) is 52.9 Å².